The molecule has 3 nitrogen and oxygen atoms in total. The topological polar surface area (TPSA) is 41.3 Å². The van der Waals surface area contributed by atoms with Crippen LogP contribution in [-0.4, -0.2) is 37.2 Å². The summed E-state index contributed by atoms with van der Waals surface area (Å²) >= 11 is 0. The number of hydrogen-bond acceptors (Lipinski definition) is 3. The Hall–Kier alpha value is -0.120. The molecule has 3 heteroatoms. The second-order valence-corrected chi connectivity index (χ2v) is 2.79. The molecule has 1 heterocycles. The Morgan fingerprint density at radius 2 is 2.50 bits per heavy atom. The van der Waals surface area contributed by atoms with Gasteiger partial charge in [0.25, 0.3) is 0 Å². The average molecular weight is 143 g/mol. The molecule has 0 bridgehead atoms. The SMILES string of the molecule is CCN1CCC(NCN)C1. The molecule has 1 atom stereocenters. The number of nitrogens with two attached hydrogens (primary N) is 1. The number of hydrogen-bond donors (Lipinski definition) is 2. The third-order valence-electron chi connectivity index (χ3n) is 2.13. The monoisotopic (exact) mass is 143 g/mol. The van der Waals surface area contributed by atoms with E-state index >= 15 is 0 Å². The first-order chi connectivity index (χ1) is 4.86. The highest BCUT2D eigenvalue weighted by Crippen LogP contribution is 2.06. The van der Waals surface area contributed by atoms with Crippen molar-refractivity contribution in [1.82, 2.24) is 10.2 Å². The maximum atomic E-state index is 5.37. The van der Waals surface area contributed by atoms with Gasteiger partial charge in [0, 0.05) is 19.3 Å². The summed E-state index contributed by atoms with van der Waals surface area (Å²) in [6, 6.07) is 0.643. The van der Waals surface area contributed by atoms with Gasteiger partial charge in [-0.15, -0.1) is 0 Å². The molecule has 1 fully saturated rings. The van der Waals surface area contributed by atoms with Gasteiger partial charge in [0.1, 0.15) is 0 Å². The van der Waals surface area contributed by atoms with Crippen LogP contribution in [0.3, 0.4) is 0 Å². The third kappa shape index (κ3) is 1.94. The third-order valence-corrected chi connectivity index (χ3v) is 2.13. The zero-order valence-corrected chi connectivity index (χ0v) is 6.64. The van der Waals surface area contributed by atoms with Gasteiger partial charge in [0.05, 0.1) is 0 Å². The van der Waals surface area contributed by atoms with E-state index in [1.54, 1.807) is 0 Å². The number of likely N-dealkylation sites (tertiary alicyclic amines) is 1. The van der Waals surface area contributed by atoms with Crippen LogP contribution in [0.1, 0.15) is 13.3 Å². The largest absolute Gasteiger partial charge is 0.318 e. The summed E-state index contributed by atoms with van der Waals surface area (Å²) in [7, 11) is 0. The molecule has 0 aromatic rings. The highest BCUT2D eigenvalue weighted by molar-refractivity contribution is 4.79. The fourth-order valence-electron chi connectivity index (χ4n) is 1.45. The Labute approximate surface area is 62.6 Å². The fraction of sp³-hybridized carbons (Fsp3) is 1.00. The lowest BCUT2D eigenvalue weighted by Gasteiger charge is -2.12. The molecule has 1 saturated heterocycles. The van der Waals surface area contributed by atoms with Crippen LogP contribution in [0.2, 0.25) is 0 Å². The molecule has 1 rings (SSSR count). The second kappa shape index (κ2) is 3.91. The number of nitrogens with one attached hydrogen (secondary N) is 1. The van der Waals surface area contributed by atoms with Crippen LogP contribution in [0.5, 0.6) is 0 Å². The maximum absolute atomic E-state index is 5.37. The predicted octanol–water partition coefficient (Wildman–Crippen LogP) is -0.414. The minimum atomic E-state index is 0.613. The van der Waals surface area contributed by atoms with Gasteiger partial charge in [0.2, 0.25) is 0 Å². The zero-order valence-electron chi connectivity index (χ0n) is 6.64. The summed E-state index contributed by atoms with van der Waals surface area (Å²) in [4.78, 5) is 2.44. The molecule has 0 spiro atoms. The number of likely N-dealkylation sites (N-methyl/N-ethyl adjacent to an activating group) is 1. The Morgan fingerprint density at radius 3 is 3.00 bits per heavy atom. The summed E-state index contributed by atoms with van der Waals surface area (Å²) < 4.78 is 0. The van der Waals surface area contributed by atoms with E-state index in [4.69, 9.17) is 5.73 Å². The molecule has 1 aliphatic heterocycles. The van der Waals surface area contributed by atoms with Gasteiger partial charge in [-0.1, -0.05) is 6.92 Å². The lowest BCUT2D eigenvalue weighted by atomic mass is 10.3. The smallest absolute Gasteiger partial charge is 0.0431 e. The first kappa shape index (κ1) is 7.98. The van der Waals surface area contributed by atoms with E-state index in [0.717, 1.165) is 0 Å². The van der Waals surface area contributed by atoms with Crippen LogP contribution >= 0.6 is 0 Å². The summed E-state index contributed by atoms with van der Waals surface area (Å²) in [6.45, 7) is 6.39. The highest BCUT2D eigenvalue weighted by Gasteiger charge is 2.19. The van der Waals surface area contributed by atoms with Crippen molar-refractivity contribution in [2.45, 2.75) is 19.4 Å². The zero-order chi connectivity index (χ0) is 7.40. The van der Waals surface area contributed by atoms with Gasteiger partial charge < -0.3 is 16.0 Å². The molecule has 0 amide bonds. The molecule has 1 aliphatic rings. The minimum Gasteiger partial charge on any atom is -0.318 e. The van der Waals surface area contributed by atoms with Crippen molar-refractivity contribution < 1.29 is 0 Å². The molecule has 0 aromatic carbocycles. The molecule has 0 aliphatic carbocycles. The van der Waals surface area contributed by atoms with Crippen molar-refractivity contribution in [3.63, 3.8) is 0 Å². The summed E-state index contributed by atoms with van der Waals surface area (Å²) in [5.41, 5.74) is 5.37. The highest BCUT2D eigenvalue weighted by atomic mass is 15.2. The van der Waals surface area contributed by atoms with Gasteiger partial charge in [-0.05, 0) is 19.5 Å². The first-order valence-corrected chi connectivity index (χ1v) is 4.02. The van der Waals surface area contributed by atoms with Crippen LogP contribution in [-0.2, 0) is 0 Å². The molecule has 0 aromatic heterocycles. The van der Waals surface area contributed by atoms with E-state index < -0.39 is 0 Å². The normalized spacial score (nSPS) is 27.6. The van der Waals surface area contributed by atoms with Gasteiger partial charge in [0.15, 0.2) is 0 Å². The number of nitrogens with zero attached hydrogens (tertiary/aromatic N) is 1. The molecule has 10 heavy (non-hydrogen) atoms. The standard InChI is InChI=1S/C7H17N3/c1-2-10-4-3-7(5-10)9-6-8/h7,9H,2-6,8H2,1H3. The van der Waals surface area contributed by atoms with Crippen molar-refractivity contribution in [2.24, 2.45) is 5.73 Å². The van der Waals surface area contributed by atoms with E-state index in [1.807, 2.05) is 0 Å². The van der Waals surface area contributed by atoms with Crippen LogP contribution < -0.4 is 11.1 Å². The molecule has 1 unspecified atom stereocenters. The molecule has 60 valence electrons. The van der Waals surface area contributed by atoms with Gasteiger partial charge in [-0.25, -0.2) is 0 Å². The quantitative estimate of drug-likeness (QED) is 0.528. The first-order valence-electron chi connectivity index (χ1n) is 4.02. The summed E-state index contributed by atoms with van der Waals surface area (Å²) in [6.07, 6.45) is 1.26. The average Bonchev–Trinajstić information content (AvgIpc) is 2.37. The molecule has 0 radical (unpaired) electrons. The summed E-state index contributed by atoms with van der Waals surface area (Å²) in [5.74, 6) is 0. The van der Waals surface area contributed by atoms with E-state index in [0.29, 0.717) is 12.7 Å². The maximum Gasteiger partial charge on any atom is 0.0431 e. The Bertz CT molecular complexity index is 94.9. The second-order valence-electron chi connectivity index (χ2n) is 2.79. The van der Waals surface area contributed by atoms with Crippen LogP contribution in [0.15, 0.2) is 0 Å². The van der Waals surface area contributed by atoms with E-state index in [9.17, 15) is 0 Å². The van der Waals surface area contributed by atoms with E-state index in [-0.39, 0.29) is 0 Å². The lowest BCUT2D eigenvalue weighted by Crippen LogP contribution is -2.36. The number of rotatable bonds is 3. The van der Waals surface area contributed by atoms with Crippen molar-refractivity contribution in [1.29, 1.82) is 0 Å². The minimum absolute atomic E-state index is 0.613. The van der Waals surface area contributed by atoms with Gasteiger partial charge in [-0.2, -0.15) is 0 Å². The fourth-order valence-corrected chi connectivity index (χ4v) is 1.45. The molecule has 3 N–H and O–H groups in total. The van der Waals surface area contributed by atoms with Gasteiger partial charge in [-0.3, -0.25) is 0 Å². The van der Waals surface area contributed by atoms with E-state index in [2.05, 4.69) is 17.1 Å². The van der Waals surface area contributed by atoms with Crippen molar-refractivity contribution in [2.75, 3.05) is 26.3 Å². The van der Waals surface area contributed by atoms with Crippen molar-refractivity contribution >= 4 is 0 Å². The van der Waals surface area contributed by atoms with Crippen LogP contribution in [0.25, 0.3) is 0 Å². The van der Waals surface area contributed by atoms with E-state index in [1.165, 1.54) is 26.1 Å². The van der Waals surface area contributed by atoms with Crippen LogP contribution in [0, 0.1) is 0 Å². The Kier molecular flexibility index (Phi) is 3.12. The summed E-state index contributed by atoms with van der Waals surface area (Å²) in [5, 5.41) is 3.24. The van der Waals surface area contributed by atoms with Crippen molar-refractivity contribution in [3.8, 4) is 0 Å². The van der Waals surface area contributed by atoms with Crippen molar-refractivity contribution in [3.05, 3.63) is 0 Å². The van der Waals surface area contributed by atoms with Gasteiger partial charge >= 0.3 is 0 Å². The lowest BCUT2D eigenvalue weighted by molar-refractivity contribution is 0.346. The molecular formula is C7H17N3. The molecule has 0 saturated carbocycles. The van der Waals surface area contributed by atoms with Crippen LogP contribution in [0.4, 0.5) is 0 Å². The Morgan fingerprint density at radius 1 is 1.70 bits per heavy atom. The Balaban J connectivity index is 2.15. The molecular weight excluding hydrogens is 126 g/mol. The predicted molar refractivity (Wildman–Crippen MR) is 42.7 cm³/mol.